The maximum absolute atomic E-state index is 4.37. The SMILES string of the molecule is c1ccc2c(SC3=NCCN3)c[nH]c2c1. The normalized spacial score (nSPS) is 15.3. The predicted octanol–water partition coefficient (Wildman–Crippen LogP) is 2.22. The number of nitrogens with zero attached hydrogens (tertiary/aromatic N) is 1. The van der Waals surface area contributed by atoms with Crippen LogP contribution in [0.2, 0.25) is 0 Å². The Bertz CT molecular complexity index is 515. The molecule has 2 N–H and O–H groups in total. The van der Waals surface area contributed by atoms with Gasteiger partial charge in [0.25, 0.3) is 0 Å². The highest BCUT2D eigenvalue weighted by atomic mass is 32.2. The van der Waals surface area contributed by atoms with E-state index in [1.54, 1.807) is 11.8 Å². The van der Waals surface area contributed by atoms with Crippen molar-refractivity contribution in [1.29, 1.82) is 0 Å². The van der Waals surface area contributed by atoms with Crippen LogP contribution in [0.1, 0.15) is 0 Å². The molecule has 0 radical (unpaired) electrons. The summed E-state index contributed by atoms with van der Waals surface area (Å²) in [6.07, 6.45) is 2.04. The Morgan fingerprint density at radius 3 is 3.07 bits per heavy atom. The Balaban J connectivity index is 1.97. The molecule has 0 aliphatic carbocycles. The molecule has 3 rings (SSSR count). The van der Waals surface area contributed by atoms with Crippen molar-refractivity contribution in [2.45, 2.75) is 4.90 Å². The largest absolute Gasteiger partial charge is 0.363 e. The van der Waals surface area contributed by atoms with Crippen LogP contribution in [0, 0.1) is 0 Å². The fourth-order valence-corrected chi connectivity index (χ4v) is 2.62. The van der Waals surface area contributed by atoms with Crippen LogP contribution >= 0.6 is 11.8 Å². The highest BCUT2D eigenvalue weighted by molar-refractivity contribution is 8.14. The van der Waals surface area contributed by atoms with Gasteiger partial charge in [-0.3, -0.25) is 4.99 Å². The zero-order valence-electron chi connectivity index (χ0n) is 8.16. The Labute approximate surface area is 92.0 Å². The van der Waals surface area contributed by atoms with Crippen molar-refractivity contribution in [2.75, 3.05) is 13.1 Å². The monoisotopic (exact) mass is 217 g/mol. The predicted molar refractivity (Wildman–Crippen MR) is 64.5 cm³/mol. The molecule has 4 heteroatoms. The molecule has 0 amide bonds. The number of H-pyrrole nitrogens is 1. The smallest absolute Gasteiger partial charge is 0.161 e. The van der Waals surface area contributed by atoms with Crippen LogP contribution in [0.4, 0.5) is 0 Å². The van der Waals surface area contributed by atoms with Gasteiger partial charge in [-0.15, -0.1) is 0 Å². The number of hydrogen-bond acceptors (Lipinski definition) is 3. The number of fused-ring (bicyclic) bond motifs is 1. The molecule has 0 spiro atoms. The molecule has 0 bridgehead atoms. The summed E-state index contributed by atoms with van der Waals surface area (Å²) in [5.41, 5.74) is 1.18. The van der Waals surface area contributed by atoms with Gasteiger partial charge in [-0.25, -0.2) is 0 Å². The lowest BCUT2D eigenvalue weighted by molar-refractivity contribution is 0.963. The number of thioether (sulfide) groups is 1. The Morgan fingerprint density at radius 2 is 2.20 bits per heavy atom. The Kier molecular flexibility index (Phi) is 2.14. The van der Waals surface area contributed by atoms with Crippen molar-refractivity contribution >= 4 is 27.8 Å². The lowest BCUT2D eigenvalue weighted by atomic mass is 10.2. The van der Waals surface area contributed by atoms with E-state index in [-0.39, 0.29) is 0 Å². The fourth-order valence-electron chi connectivity index (χ4n) is 1.68. The van der Waals surface area contributed by atoms with Crippen molar-refractivity contribution in [3.8, 4) is 0 Å². The average molecular weight is 217 g/mol. The van der Waals surface area contributed by atoms with Crippen LogP contribution in [-0.2, 0) is 0 Å². The van der Waals surface area contributed by atoms with Gasteiger partial charge < -0.3 is 10.3 Å². The molecule has 0 fully saturated rings. The molecule has 2 heterocycles. The van der Waals surface area contributed by atoms with Gasteiger partial charge in [0.1, 0.15) is 0 Å². The molecule has 0 atom stereocenters. The van der Waals surface area contributed by atoms with Crippen LogP contribution < -0.4 is 5.32 Å². The number of benzene rings is 1. The van der Waals surface area contributed by atoms with Gasteiger partial charge in [0.05, 0.1) is 6.54 Å². The van der Waals surface area contributed by atoms with Crippen molar-refractivity contribution in [3.63, 3.8) is 0 Å². The van der Waals surface area contributed by atoms with Gasteiger partial charge in [-0.05, 0) is 6.07 Å². The first-order valence-electron chi connectivity index (χ1n) is 4.96. The van der Waals surface area contributed by atoms with Gasteiger partial charge in [-0.1, -0.05) is 30.0 Å². The van der Waals surface area contributed by atoms with Crippen LogP contribution in [0.25, 0.3) is 10.9 Å². The molecule has 1 aromatic carbocycles. The minimum atomic E-state index is 0.894. The number of aromatic amines is 1. The second kappa shape index (κ2) is 3.62. The molecule has 3 nitrogen and oxygen atoms in total. The van der Waals surface area contributed by atoms with Crippen LogP contribution in [-0.4, -0.2) is 23.2 Å². The average Bonchev–Trinajstić information content (AvgIpc) is 2.89. The molecule has 15 heavy (non-hydrogen) atoms. The molecular weight excluding hydrogens is 206 g/mol. The summed E-state index contributed by atoms with van der Waals surface area (Å²) in [5, 5.41) is 5.55. The minimum Gasteiger partial charge on any atom is -0.363 e. The van der Waals surface area contributed by atoms with Crippen molar-refractivity contribution in [3.05, 3.63) is 30.5 Å². The van der Waals surface area contributed by atoms with Gasteiger partial charge in [0, 0.05) is 28.5 Å². The highest BCUT2D eigenvalue weighted by Gasteiger charge is 2.10. The van der Waals surface area contributed by atoms with E-state index in [0.717, 1.165) is 18.3 Å². The van der Waals surface area contributed by atoms with E-state index in [2.05, 4.69) is 33.5 Å². The van der Waals surface area contributed by atoms with Gasteiger partial charge in [0.2, 0.25) is 0 Å². The lowest BCUT2D eigenvalue weighted by Crippen LogP contribution is -2.14. The molecule has 0 saturated heterocycles. The van der Waals surface area contributed by atoms with Crippen LogP contribution in [0.5, 0.6) is 0 Å². The van der Waals surface area contributed by atoms with Gasteiger partial charge >= 0.3 is 0 Å². The number of aliphatic imine (C=N–C) groups is 1. The van der Waals surface area contributed by atoms with E-state index >= 15 is 0 Å². The first-order chi connectivity index (χ1) is 7.43. The lowest BCUT2D eigenvalue weighted by Gasteiger charge is -1.99. The number of para-hydroxylation sites is 1. The third-order valence-electron chi connectivity index (χ3n) is 2.40. The topological polar surface area (TPSA) is 40.2 Å². The third-order valence-corrected chi connectivity index (χ3v) is 3.43. The number of rotatable bonds is 1. The molecular formula is C11H11N3S. The number of amidine groups is 1. The number of nitrogens with one attached hydrogen (secondary N) is 2. The summed E-state index contributed by atoms with van der Waals surface area (Å²) in [6.45, 7) is 1.86. The van der Waals surface area contributed by atoms with E-state index in [9.17, 15) is 0 Å². The van der Waals surface area contributed by atoms with E-state index in [0.29, 0.717) is 0 Å². The molecule has 76 valence electrons. The summed E-state index contributed by atoms with van der Waals surface area (Å²) in [4.78, 5) is 8.87. The summed E-state index contributed by atoms with van der Waals surface area (Å²) in [5.74, 6) is 0. The first kappa shape index (κ1) is 8.85. The quantitative estimate of drug-likeness (QED) is 0.769. The Morgan fingerprint density at radius 1 is 1.27 bits per heavy atom. The van der Waals surface area contributed by atoms with Crippen LogP contribution in [0.3, 0.4) is 0 Å². The van der Waals surface area contributed by atoms with Crippen molar-refractivity contribution in [1.82, 2.24) is 10.3 Å². The standard InChI is InChI=1S/C11H11N3S/c1-2-4-9-8(3-1)10(7-14-9)15-11-12-5-6-13-11/h1-4,7,14H,5-6H2,(H,12,13). The zero-order valence-corrected chi connectivity index (χ0v) is 8.97. The summed E-state index contributed by atoms with van der Waals surface area (Å²) in [6, 6.07) is 8.32. The van der Waals surface area contributed by atoms with Gasteiger partial charge in [0.15, 0.2) is 5.17 Å². The summed E-state index contributed by atoms with van der Waals surface area (Å²) in [7, 11) is 0. The summed E-state index contributed by atoms with van der Waals surface area (Å²) >= 11 is 1.69. The third kappa shape index (κ3) is 1.61. The Hall–Kier alpha value is -1.42. The molecule has 1 aliphatic rings. The second-order valence-corrected chi connectivity index (χ2v) is 4.44. The molecule has 0 unspecified atom stereocenters. The summed E-state index contributed by atoms with van der Waals surface area (Å²) < 4.78 is 0. The number of aromatic nitrogens is 1. The van der Waals surface area contributed by atoms with Crippen molar-refractivity contribution in [2.24, 2.45) is 4.99 Å². The minimum absolute atomic E-state index is 0.894. The van der Waals surface area contributed by atoms with E-state index in [1.807, 2.05) is 12.3 Å². The van der Waals surface area contributed by atoms with E-state index in [1.165, 1.54) is 15.8 Å². The fraction of sp³-hybridized carbons (Fsp3) is 0.182. The molecule has 1 aromatic heterocycles. The molecule has 2 aromatic rings. The van der Waals surface area contributed by atoms with E-state index < -0.39 is 0 Å². The molecule has 1 aliphatic heterocycles. The second-order valence-electron chi connectivity index (χ2n) is 3.41. The number of hydrogen-bond donors (Lipinski definition) is 2. The van der Waals surface area contributed by atoms with Crippen molar-refractivity contribution < 1.29 is 0 Å². The maximum atomic E-state index is 4.37. The maximum Gasteiger partial charge on any atom is 0.161 e. The van der Waals surface area contributed by atoms with Crippen LogP contribution in [0.15, 0.2) is 40.4 Å². The highest BCUT2D eigenvalue weighted by Crippen LogP contribution is 2.28. The van der Waals surface area contributed by atoms with E-state index in [4.69, 9.17) is 0 Å². The zero-order chi connectivity index (χ0) is 10.1. The van der Waals surface area contributed by atoms with Gasteiger partial charge in [-0.2, -0.15) is 0 Å². The molecule has 0 saturated carbocycles. The first-order valence-corrected chi connectivity index (χ1v) is 5.77.